The van der Waals surface area contributed by atoms with Crippen LogP contribution in [0.3, 0.4) is 0 Å². The van der Waals surface area contributed by atoms with Crippen LogP contribution < -0.4 is 0 Å². The molecule has 0 aromatic heterocycles. The standard InChI is InChI=1S/C16H22O2/c1-10-5-11(2)7-12(6-10)8-15(17)14-9-13-3-4-16(14)18-13/h5-7,13-17H,3-4,8-9H2,1-2H3. The quantitative estimate of drug-likeness (QED) is 0.888. The van der Waals surface area contributed by atoms with Crippen molar-refractivity contribution in [3.05, 3.63) is 34.9 Å². The summed E-state index contributed by atoms with van der Waals surface area (Å²) in [5.41, 5.74) is 3.81. The number of aliphatic hydroxyl groups excluding tert-OH is 1. The summed E-state index contributed by atoms with van der Waals surface area (Å²) in [5, 5.41) is 10.4. The molecule has 0 aliphatic carbocycles. The number of ether oxygens (including phenoxy) is 1. The lowest BCUT2D eigenvalue weighted by Gasteiger charge is -2.24. The highest BCUT2D eigenvalue weighted by atomic mass is 16.5. The zero-order valence-corrected chi connectivity index (χ0v) is 11.2. The Balaban J connectivity index is 1.68. The van der Waals surface area contributed by atoms with E-state index in [0.717, 1.165) is 19.3 Å². The second kappa shape index (κ2) is 4.67. The van der Waals surface area contributed by atoms with Gasteiger partial charge in [0.05, 0.1) is 18.3 Å². The summed E-state index contributed by atoms with van der Waals surface area (Å²) in [6, 6.07) is 6.55. The molecule has 2 saturated heterocycles. The number of benzene rings is 1. The Labute approximate surface area is 109 Å². The summed E-state index contributed by atoms with van der Waals surface area (Å²) >= 11 is 0. The van der Waals surface area contributed by atoms with E-state index in [9.17, 15) is 5.11 Å². The lowest BCUT2D eigenvalue weighted by Crippen LogP contribution is -2.31. The Morgan fingerprint density at radius 1 is 1.22 bits per heavy atom. The largest absolute Gasteiger partial charge is 0.392 e. The maximum absolute atomic E-state index is 10.4. The third-order valence-corrected chi connectivity index (χ3v) is 4.37. The zero-order chi connectivity index (χ0) is 12.7. The van der Waals surface area contributed by atoms with Gasteiger partial charge in [0.1, 0.15) is 0 Å². The Morgan fingerprint density at radius 2 is 1.94 bits per heavy atom. The number of hydrogen-bond donors (Lipinski definition) is 1. The van der Waals surface area contributed by atoms with E-state index in [1.54, 1.807) is 0 Å². The second-order valence-corrected chi connectivity index (χ2v) is 6.04. The van der Waals surface area contributed by atoms with Gasteiger partial charge in [0.15, 0.2) is 0 Å². The van der Waals surface area contributed by atoms with Gasteiger partial charge >= 0.3 is 0 Å². The van der Waals surface area contributed by atoms with Crippen molar-refractivity contribution in [1.29, 1.82) is 0 Å². The lowest BCUT2D eigenvalue weighted by atomic mass is 9.83. The van der Waals surface area contributed by atoms with E-state index >= 15 is 0 Å². The molecular weight excluding hydrogens is 224 g/mol. The summed E-state index contributed by atoms with van der Waals surface area (Å²) in [5.74, 6) is 0.351. The smallest absolute Gasteiger partial charge is 0.0634 e. The Kier molecular flexibility index (Phi) is 3.16. The third kappa shape index (κ3) is 2.32. The average molecular weight is 246 g/mol. The third-order valence-electron chi connectivity index (χ3n) is 4.37. The summed E-state index contributed by atoms with van der Waals surface area (Å²) in [4.78, 5) is 0. The minimum Gasteiger partial charge on any atom is -0.392 e. The van der Waals surface area contributed by atoms with Crippen LogP contribution in [0.15, 0.2) is 18.2 Å². The molecule has 0 radical (unpaired) electrons. The van der Waals surface area contributed by atoms with Crippen LogP contribution in [-0.2, 0) is 11.2 Å². The molecule has 1 aromatic carbocycles. The number of aliphatic hydroxyl groups is 1. The van der Waals surface area contributed by atoms with Crippen molar-refractivity contribution in [2.24, 2.45) is 5.92 Å². The highest BCUT2D eigenvalue weighted by molar-refractivity contribution is 5.29. The van der Waals surface area contributed by atoms with Crippen LogP contribution in [0, 0.1) is 19.8 Å². The molecule has 2 fully saturated rings. The highest BCUT2D eigenvalue weighted by Crippen LogP contribution is 2.41. The Bertz CT molecular complexity index is 420. The first kappa shape index (κ1) is 12.2. The van der Waals surface area contributed by atoms with E-state index in [0.29, 0.717) is 18.1 Å². The molecule has 0 spiro atoms. The van der Waals surface area contributed by atoms with E-state index in [-0.39, 0.29) is 6.10 Å². The van der Waals surface area contributed by atoms with Crippen molar-refractivity contribution in [3.8, 4) is 0 Å². The maximum Gasteiger partial charge on any atom is 0.0634 e. The van der Waals surface area contributed by atoms with Crippen molar-refractivity contribution >= 4 is 0 Å². The monoisotopic (exact) mass is 246 g/mol. The fourth-order valence-corrected chi connectivity index (χ4v) is 3.66. The second-order valence-electron chi connectivity index (χ2n) is 6.04. The SMILES string of the molecule is Cc1cc(C)cc(CC(O)C2CC3CCC2O3)c1. The van der Waals surface area contributed by atoms with Gasteiger partial charge < -0.3 is 9.84 Å². The van der Waals surface area contributed by atoms with Gasteiger partial charge in [-0.2, -0.15) is 0 Å². The van der Waals surface area contributed by atoms with Crippen LogP contribution in [0.5, 0.6) is 0 Å². The van der Waals surface area contributed by atoms with Crippen molar-refractivity contribution in [3.63, 3.8) is 0 Å². The molecule has 0 amide bonds. The topological polar surface area (TPSA) is 29.5 Å². The van der Waals surface area contributed by atoms with Gasteiger partial charge in [-0.25, -0.2) is 0 Å². The Hall–Kier alpha value is -0.860. The number of fused-ring (bicyclic) bond motifs is 2. The van der Waals surface area contributed by atoms with E-state index in [4.69, 9.17) is 4.74 Å². The van der Waals surface area contributed by atoms with E-state index in [2.05, 4.69) is 32.0 Å². The molecule has 4 atom stereocenters. The molecule has 2 aliphatic heterocycles. The van der Waals surface area contributed by atoms with Gasteiger partial charge in [0, 0.05) is 5.92 Å². The van der Waals surface area contributed by atoms with E-state index in [1.807, 2.05) is 0 Å². The molecule has 1 aromatic rings. The molecule has 0 saturated carbocycles. The van der Waals surface area contributed by atoms with Gasteiger partial charge in [-0.1, -0.05) is 29.3 Å². The molecule has 2 aliphatic rings. The fourth-order valence-electron chi connectivity index (χ4n) is 3.66. The van der Waals surface area contributed by atoms with Gasteiger partial charge in [0.25, 0.3) is 0 Å². The molecule has 4 unspecified atom stereocenters. The number of rotatable bonds is 3. The Morgan fingerprint density at radius 3 is 2.50 bits per heavy atom. The molecule has 2 heteroatoms. The van der Waals surface area contributed by atoms with Gasteiger partial charge in [0.2, 0.25) is 0 Å². The first-order valence-corrected chi connectivity index (χ1v) is 7.02. The van der Waals surface area contributed by atoms with Gasteiger partial charge in [-0.3, -0.25) is 0 Å². The lowest BCUT2D eigenvalue weighted by molar-refractivity contribution is 0.0432. The minimum absolute atomic E-state index is 0.249. The molecule has 2 heterocycles. The molecule has 18 heavy (non-hydrogen) atoms. The van der Waals surface area contributed by atoms with E-state index < -0.39 is 0 Å². The summed E-state index contributed by atoms with van der Waals surface area (Å²) in [6.45, 7) is 4.23. The summed E-state index contributed by atoms with van der Waals surface area (Å²) in [6.07, 6.45) is 4.64. The molecule has 1 N–H and O–H groups in total. The van der Waals surface area contributed by atoms with Crippen molar-refractivity contribution in [2.45, 2.75) is 57.8 Å². The van der Waals surface area contributed by atoms with Gasteiger partial charge in [-0.15, -0.1) is 0 Å². The highest BCUT2D eigenvalue weighted by Gasteiger charge is 2.43. The van der Waals surface area contributed by atoms with Crippen LogP contribution in [0.1, 0.15) is 36.0 Å². The van der Waals surface area contributed by atoms with Gasteiger partial charge in [-0.05, 0) is 45.1 Å². The first-order chi connectivity index (χ1) is 8.61. The number of aryl methyl sites for hydroxylation is 2. The minimum atomic E-state index is -0.249. The van der Waals surface area contributed by atoms with Crippen LogP contribution in [0.25, 0.3) is 0 Å². The van der Waals surface area contributed by atoms with Crippen molar-refractivity contribution in [2.75, 3.05) is 0 Å². The molecule has 2 nitrogen and oxygen atoms in total. The van der Waals surface area contributed by atoms with Crippen LogP contribution in [0.2, 0.25) is 0 Å². The summed E-state index contributed by atoms with van der Waals surface area (Å²) < 4.78 is 5.83. The van der Waals surface area contributed by atoms with Crippen LogP contribution in [0.4, 0.5) is 0 Å². The zero-order valence-electron chi connectivity index (χ0n) is 11.2. The van der Waals surface area contributed by atoms with E-state index in [1.165, 1.54) is 23.1 Å². The fraction of sp³-hybridized carbons (Fsp3) is 0.625. The van der Waals surface area contributed by atoms with Crippen LogP contribution >= 0.6 is 0 Å². The number of hydrogen-bond acceptors (Lipinski definition) is 2. The first-order valence-electron chi connectivity index (χ1n) is 7.02. The molecule has 2 bridgehead atoms. The molecular formula is C16H22O2. The molecule has 3 rings (SSSR count). The normalized spacial score (nSPS) is 31.8. The predicted octanol–water partition coefficient (Wildman–Crippen LogP) is 2.77. The maximum atomic E-state index is 10.4. The average Bonchev–Trinajstić information content (AvgIpc) is 2.88. The van der Waals surface area contributed by atoms with Crippen molar-refractivity contribution < 1.29 is 9.84 Å². The predicted molar refractivity (Wildman–Crippen MR) is 71.6 cm³/mol. The van der Waals surface area contributed by atoms with Crippen LogP contribution in [-0.4, -0.2) is 23.4 Å². The summed E-state index contributed by atoms with van der Waals surface area (Å²) in [7, 11) is 0. The van der Waals surface area contributed by atoms with Crippen molar-refractivity contribution in [1.82, 2.24) is 0 Å². The molecule has 98 valence electrons.